The molecule has 5 nitrogen and oxygen atoms in total. The zero-order valence-electron chi connectivity index (χ0n) is 15.7. The molecule has 1 aliphatic carbocycles. The maximum absolute atomic E-state index is 12.8. The molecule has 0 aromatic heterocycles. The minimum atomic E-state index is -0.318. The molecule has 5 heteroatoms. The number of para-hydroxylation sites is 1. The van der Waals surface area contributed by atoms with E-state index in [9.17, 15) is 9.59 Å². The van der Waals surface area contributed by atoms with E-state index in [4.69, 9.17) is 4.74 Å². The predicted molar refractivity (Wildman–Crippen MR) is 101 cm³/mol. The molecule has 2 amide bonds. The summed E-state index contributed by atoms with van der Waals surface area (Å²) in [5.74, 6) is 0.879. The molecule has 1 aliphatic heterocycles. The largest absolute Gasteiger partial charge is 0.496 e. The molecule has 0 spiro atoms. The summed E-state index contributed by atoms with van der Waals surface area (Å²) in [7, 11) is 1.63. The van der Waals surface area contributed by atoms with Crippen molar-refractivity contribution in [3.63, 3.8) is 0 Å². The van der Waals surface area contributed by atoms with Crippen LogP contribution in [0.2, 0.25) is 0 Å². The average Bonchev–Trinajstić information content (AvgIpc) is 3.01. The fourth-order valence-electron chi connectivity index (χ4n) is 4.28. The number of carbonyl (C=O) groups is 2. The van der Waals surface area contributed by atoms with Crippen LogP contribution >= 0.6 is 0 Å². The van der Waals surface area contributed by atoms with Crippen LogP contribution in [0.15, 0.2) is 24.3 Å². The molecular weight excluding hydrogens is 328 g/mol. The smallest absolute Gasteiger partial charge is 0.243 e. The van der Waals surface area contributed by atoms with Gasteiger partial charge in [-0.25, -0.2) is 0 Å². The van der Waals surface area contributed by atoms with E-state index in [1.165, 1.54) is 19.3 Å². The number of amides is 2. The van der Waals surface area contributed by atoms with Crippen LogP contribution in [0.4, 0.5) is 0 Å². The monoisotopic (exact) mass is 358 g/mol. The molecule has 1 aromatic carbocycles. The second kappa shape index (κ2) is 9.06. The van der Waals surface area contributed by atoms with Gasteiger partial charge in [-0.05, 0) is 25.3 Å². The average molecular weight is 358 g/mol. The number of nitrogens with one attached hydrogen (secondary N) is 1. The van der Waals surface area contributed by atoms with Crippen LogP contribution < -0.4 is 10.1 Å². The summed E-state index contributed by atoms with van der Waals surface area (Å²) in [6, 6.07) is 7.60. The molecule has 3 rings (SSSR count). The van der Waals surface area contributed by atoms with Gasteiger partial charge in [-0.1, -0.05) is 50.3 Å². The highest BCUT2D eigenvalue weighted by Gasteiger charge is 2.39. The third kappa shape index (κ3) is 4.37. The van der Waals surface area contributed by atoms with Gasteiger partial charge in [0.2, 0.25) is 11.8 Å². The van der Waals surface area contributed by atoms with Crippen molar-refractivity contribution in [1.29, 1.82) is 0 Å². The lowest BCUT2D eigenvalue weighted by molar-refractivity contribution is -0.138. The summed E-state index contributed by atoms with van der Waals surface area (Å²) in [5.41, 5.74) is 0.949. The normalized spacial score (nSPS) is 22.0. The van der Waals surface area contributed by atoms with Gasteiger partial charge in [-0.3, -0.25) is 9.59 Å². The summed E-state index contributed by atoms with van der Waals surface area (Å²) in [4.78, 5) is 27.2. The topological polar surface area (TPSA) is 58.6 Å². The van der Waals surface area contributed by atoms with Crippen LogP contribution in [0.1, 0.15) is 63.4 Å². The molecule has 1 aromatic rings. The Bertz CT molecular complexity index is 623. The molecule has 2 fully saturated rings. The van der Waals surface area contributed by atoms with E-state index >= 15 is 0 Å². The number of nitrogens with zero attached hydrogens (tertiary/aromatic N) is 1. The number of carbonyl (C=O) groups excluding carboxylic acids is 2. The molecule has 2 aliphatic rings. The van der Waals surface area contributed by atoms with Crippen molar-refractivity contribution in [1.82, 2.24) is 10.2 Å². The fraction of sp³-hybridized carbons (Fsp3) is 0.619. The second-order valence-corrected chi connectivity index (χ2v) is 7.38. The Labute approximate surface area is 156 Å². The van der Waals surface area contributed by atoms with Crippen molar-refractivity contribution in [2.24, 2.45) is 0 Å². The molecular formula is C21H30N2O3. The number of hydrogen-bond acceptors (Lipinski definition) is 3. The Balaban J connectivity index is 1.64. The van der Waals surface area contributed by atoms with E-state index in [1.807, 2.05) is 29.2 Å². The first kappa shape index (κ1) is 18.7. The van der Waals surface area contributed by atoms with Crippen LogP contribution in [0.3, 0.4) is 0 Å². The number of rotatable bonds is 5. The van der Waals surface area contributed by atoms with Gasteiger partial charge < -0.3 is 15.0 Å². The van der Waals surface area contributed by atoms with Gasteiger partial charge in [0, 0.05) is 24.6 Å². The molecule has 0 unspecified atom stereocenters. The SMILES string of the molecule is COc1ccccc1CNC(=O)[C@@H]1CCC(=O)N1C1CCCCCCC1. The summed E-state index contributed by atoms with van der Waals surface area (Å²) in [6.07, 6.45) is 9.27. The van der Waals surface area contributed by atoms with Gasteiger partial charge in [-0.2, -0.15) is 0 Å². The Morgan fingerprint density at radius 2 is 1.81 bits per heavy atom. The molecule has 1 heterocycles. The standard InChI is InChI=1S/C21H30N2O3/c1-26-19-12-8-7-9-16(19)15-22-21(25)18-13-14-20(24)23(18)17-10-5-3-2-4-6-11-17/h7-9,12,17-18H,2-6,10-11,13-15H2,1H3,(H,22,25)/t18-/m0/s1. The fourth-order valence-corrected chi connectivity index (χ4v) is 4.28. The van der Waals surface area contributed by atoms with Gasteiger partial charge in [0.25, 0.3) is 0 Å². The van der Waals surface area contributed by atoms with E-state index in [-0.39, 0.29) is 23.9 Å². The van der Waals surface area contributed by atoms with E-state index in [0.29, 0.717) is 19.4 Å². The van der Waals surface area contributed by atoms with Crippen molar-refractivity contribution in [3.8, 4) is 5.75 Å². The molecule has 26 heavy (non-hydrogen) atoms. The Hall–Kier alpha value is -2.04. The Morgan fingerprint density at radius 1 is 1.12 bits per heavy atom. The van der Waals surface area contributed by atoms with Crippen LogP contribution in [-0.4, -0.2) is 35.9 Å². The number of methoxy groups -OCH3 is 1. The summed E-state index contributed by atoms with van der Waals surface area (Å²) < 4.78 is 5.35. The zero-order chi connectivity index (χ0) is 18.4. The lowest BCUT2D eigenvalue weighted by Crippen LogP contribution is -2.49. The number of hydrogen-bond donors (Lipinski definition) is 1. The number of likely N-dealkylation sites (tertiary alicyclic amines) is 1. The van der Waals surface area contributed by atoms with Crippen LogP contribution in [0.5, 0.6) is 5.75 Å². The third-order valence-electron chi connectivity index (χ3n) is 5.67. The summed E-state index contributed by atoms with van der Waals surface area (Å²) in [5, 5.41) is 3.02. The summed E-state index contributed by atoms with van der Waals surface area (Å²) >= 11 is 0. The Kier molecular flexibility index (Phi) is 6.53. The van der Waals surface area contributed by atoms with Gasteiger partial charge in [0.05, 0.1) is 7.11 Å². The van der Waals surface area contributed by atoms with E-state index in [2.05, 4.69) is 5.32 Å². The Morgan fingerprint density at radius 3 is 2.54 bits per heavy atom. The van der Waals surface area contributed by atoms with Gasteiger partial charge in [-0.15, -0.1) is 0 Å². The lowest BCUT2D eigenvalue weighted by atomic mass is 9.95. The highest BCUT2D eigenvalue weighted by molar-refractivity contribution is 5.91. The predicted octanol–water partition coefficient (Wildman–Crippen LogP) is 3.42. The second-order valence-electron chi connectivity index (χ2n) is 7.38. The molecule has 0 bridgehead atoms. The van der Waals surface area contributed by atoms with Gasteiger partial charge >= 0.3 is 0 Å². The number of benzene rings is 1. The lowest BCUT2D eigenvalue weighted by Gasteiger charge is -2.34. The highest BCUT2D eigenvalue weighted by atomic mass is 16.5. The van der Waals surface area contributed by atoms with Crippen molar-refractivity contribution in [2.75, 3.05) is 7.11 Å². The van der Waals surface area contributed by atoms with Crippen LogP contribution in [0, 0.1) is 0 Å². The first-order valence-electron chi connectivity index (χ1n) is 9.91. The first-order valence-corrected chi connectivity index (χ1v) is 9.91. The van der Waals surface area contributed by atoms with Crippen molar-refractivity contribution in [3.05, 3.63) is 29.8 Å². The van der Waals surface area contributed by atoms with Crippen LogP contribution in [0.25, 0.3) is 0 Å². The molecule has 142 valence electrons. The van der Waals surface area contributed by atoms with Crippen molar-refractivity contribution < 1.29 is 14.3 Å². The minimum Gasteiger partial charge on any atom is -0.496 e. The quantitative estimate of drug-likeness (QED) is 0.877. The molecule has 1 N–H and O–H groups in total. The molecule has 1 saturated carbocycles. The van der Waals surface area contributed by atoms with E-state index in [0.717, 1.165) is 37.0 Å². The third-order valence-corrected chi connectivity index (χ3v) is 5.67. The van der Waals surface area contributed by atoms with Crippen molar-refractivity contribution >= 4 is 11.8 Å². The minimum absolute atomic E-state index is 0.0381. The molecule has 0 radical (unpaired) electrons. The summed E-state index contributed by atoms with van der Waals surface area (Å²) in [6.45, 7) is 0.423. The maximum atomic E-state index is 12.8. The molecule has 1 atom stereocenters. The first-order chi connectivity index (χ1) is 12.7. The van der Waals surface area contributed by atoms with Crippen molar-refractivity contribution in [2.45, 2.75) is 76.4 Å². The van der Waals surface area contributed by atoms with Crippen LogP contribution in [-0.2, 0) is 16.1 Å². The van der Waals surface area contributed by atoms with Gasteiger partial charge in [0.15, 0.2) is 0 Å². The number of ether oxygens (including phenoxy) is 1. The van der Waals surface area contributed by atoms with E-state index < -0.39 is 0 Å². The highest BCUT2D eigenvalue weighted by Crippen LogP contribution is 2.29. The van der Waals surface area contributed by atoms with Gasteiger partial charge in [0.1, 0.15) is 11.8 Å². The molecule has 1 saturated heterocycles. The zero-order valence-corrected chi connectivity index (χ0v) is 15.7. The maximum Gasteiger partial charge on any atom is 0.243 e. The van der Waals surface area contributed by atoms with E-state index in [1.54, 1.807) is 7.11 Å².